The van der Waals surface area contributed by atoms with Gasteiger partial charge in [0.15, 0.2) is 0 Å². The van der Waals surface area contributed by atoms with E-state index in [1.807, 2.05) is 48.1 Å². The van der Waals surface area contributed by atoms with E-state index in [0.29, 0.717) is 23.0 Å². The van der Waals surface area contributed by atoms with Gasteiger partial charge >= 0.3 is 0 Å². The van der Waals surface area contributed by atoms with Gasteiger partial charge in [0.2, 0.25) is 5.95 Å². The first kappa shape index (κ1) is 30.6. The summed E-state index contributed by atoms with van der Waals surface area (Å²) in [5.74, 6) is 1.00. The van der Waals surface area contributed by atoms with Crippen LogP contribution >= 0.6 is 0 Å². The third-order valence-electron chi connectivity index (χ3n) is 7.39. The average Bonchev–Trinajstić information content (AvgIpc) is 3.39. The Morgan fingerprint density at radius 2 is 1.74 bits per heavy atom. The van der Waals surface area contributed by atoms with Crippen molar-refractivity contribution in [2.24, 2.45) is 7.05 Å². The summed E-state index contributed by atoms with van der Waals surface area (Å²) in [5.41, 5.74) is 7.10. The van der Waals surface area contributed by atoms with Crippen LogP contribution in [-0.2, 0) is 19.9 Å². The van der Waals surface area contributed by atoms with Crippen LogP contribution in [0.1, 0.15) is 41.8 Å². The number of aromatic nitrogens is 3. The van der Waals surface area contributed by atoms with E-state index >= 15 is 0 Å². The van der Waals surface area contributed by atoms with Gasteiger partial charge in [0.1, 0.15) is 5.75 Å². The van der Waals surface area contributed by atoms with Crippen LogP contribution in [0.3, 0.4) is 0 Å². The predicted molar refractivity (Wildman–Crippen MR) is 172 cm³/mol. The van der Waals surface area contributed by atoms with Gasteiger partial charge in [0.25, 0.3) is 5.91 Å². The normalized spacial score (nSPS) is 11.0. The first-order valence-corrected chi connectivity index (χ1v) is 14.5. The van der Waals surface area contributed by atoms with Crippen molar-refractivity contribution in [1.82, 2.24) is 19.4 Å². The van der Waals surface area contributed by atoms with E-state index in [1.54, 1.807) is 13.3 Å². The van der Waals surface area contributed by atoms with Crippen LogP contribution in [0.5, 0.6) is 5.75 Å². The topological polar surface area (TPSA) is 87.6 Å². The second-order valence-corrected chi connectivity index (χ2v) is 10.7. The first-order chi connectivity index (χ1) is 20.2. The second-order valence-electron chi connectivity index (χ2n) is 10.7. The molecule has 0 aliphatic heterocycles. The monoisotopic (exact) mass is 569 g/mol. The zero-order chi connectivity index (χ0) is 30.2. The molecule has 0 saturated carbocycles. The third-order valence-corrected chi connectivity index (χ3v) is 7.39. The number of ether oxygens (including phenoxy) is 1. The fourth-order valence-electron chi connectivity index (χ4n) is 4.99. The number of carbonyl (C=O) groups is 1. The maximum absolute atomic E-state index is 13.3. The summed E-state index contributed by atoms with van der Waals surface area (Å²) < 4.78 is 7.61. The van der Waals surface area contributed by atoms with Crippen LogP contribution < -0.4 is 20.3 Å². The fourth-order valence-corrected chi connectivity index (χ4v) is 4.99. The van der Waals surface area contributed by atoms with Gasteiger partial charge in [-0.2, -0.15) is 0 Å². The molecule has 2 heterocycles. The number of hydrogen-bond acceptors (Lipinski definition) is 7. The summed E-state index contributed by atoms with van der Waals surface area (Å²) in [5, 5.41) is 6.46. The van der Waals surface area contributed by atoms with Gasteiger partial charge in [-0.1, -0.05) is 32.0 Å². The number of amides is 1. The van der Waals surface area contributed by atoms with Gasteiger partial charge in [0, 0.05) is 50.5 Å². The van der Waals surface area contributed by atoms with Crippen LogP contribution in [0.25, 0.3) is 11.4 Å². The van der Waals surface area contributed by atoms with E-state index in [2.05, 4.69) is 78.6 Å². The SMILES string of the molecule is CCc1cccc(CC)c1NC(=O)c1cc(-c2ccnc(Nc3ccc(N(C)CCCN(C)C)cc3OC)n2)n(C)c1. The van der Waals surface area contributed by atoms with Crippen molar-refractivity contribution in [3.63, 3.8) is 0 Å². The Balaban J connectivity index is 1.51. The van der Waals surface area contributed by atoms with E-state index < -0.39 is 0 Å². The highest BCUT2D eigenvalue weighted by molar-refractivity contribution is 6.05. The number of nitrogens with one attached hydrogen (secondary N) is 2. The van der Waals surface area contributed by atoms with Crippen molar-refractivity contribution >= 4 is 28.9 Å². The molecule has 0 aliphatic carbocycles. The van der Waals surface area contributed by atoms with Crippen molar-refractivity contribution in [2.75, 3.05) is 56.9 Å². The Bertz CT molecular complexity index is 1490. The Kier molecular flexibility index (Phi) is 10.2. The molecule has 9 nitrogen and oxygen atoms in total. The molecule has 42 heavy (non-hydrogen) atoms. The standard InChI is InChI=1S/C33H43N7O2/c1-8-23-12-10-13-24(9-2)31(23)37-32(41)25-20-29(40(6)22-25)27-16-17-34-33(35-27)36-28-15-14-26(21-30(28)42-7)39(5)19-11-18-38(3)4/h10,12-17,20-22H,8-9,11,18-19H2,1-7H3,(H,37,41)(H,34,35,36). The van der Waals surface area contributed by atoms with Gasteiger partial charge in [-0.15, -0.1) is 0 Å². The van der Waals surface area contributed by atoms with Crippen LogP contribution in [-0.4, -0.2) is 66.7 Å². The lowest BCUT2D eigenvalue weighted by molar-refractivity contribution is 0.102. The van der Waals surface area contributed by atoms with Gasteiger partial charge in [-0.3, -0.25) is 4.79 Å². The van der Waals surface area contributed by atoms with E-state index in [0.717, 1.165) is 66.2 Å². The lowest BCUT2D eigenvalue weighted by Gasteiger charge is -2.22. The van der Waals surface area contributed by atoms with Crippen molar-refractivity contribution in [3.8, 4) is 17.1 Å². The van der Waals surface area contributed by atoms with Crippen molar-refractivity contribution < 1.29 is 9.53 Å². The van der Waals surface area contributed by atoms with Crippen LogP contribution in [0, 0.1) is 0 Å². The number of aryl methyl sites for hydroxylation is 3. The van der Waals surface area contributed by atoms with Gasteiger partial charge in [-0.25, -0.2) is 9.97 Å². The molecule has 0 fully saturated rings. The Labute approximate surface area is 249 Å². The molecule has 0 radical (unpaired) electrons. The van der Waals surface area contributed by atoms with E-state index in [9.17, 15) is 4.79 Å². The molecule has 0 unspecified atom stereocenters. The Morgan fingerprint density at radius 1 is 1.00 bits per heavy atom. The number of carbonyl (C=O) groups excluding carboxylic acids is 1. The average molecular weight is 570 g/mol. The zero-order valence-electron chi connectivity index (χ0n) is 25.9. The van der Waals surface area contributed by atoms with E-state index in [1.165, 1.54) is 0 Å². The smallest absolute Gasteiger partial charge is 0.257 e. The van der Waals surface area contributed by atoms with Gasteiger partial charge in [-0.05, 0) is 75.3 Å². The molecule has 0 bridgehead atoms. The van der Waals surface area contributed by atoms with Crippen LogP contribution in [0.2, 0.25) is 0 Å². The first-order valence-electron chi connectivity index (χ1n) is 14.5. The predicted octanol–water partition coefficient (Wildman–Crippen LogP) is 6.00. The maximum Gasteiger partial charge on any atom is 0.257 e. The summed E-state index contributed by atoms with van der Waals surface area (Å²) in [6.07, 6.45) is 6.31. The zero-order valence-corrected chi connectivity index (χ0v) is 25.9. The molecule has 0 atom stereocenters. The van der Waals surface area contributed by atoms with E-state index in [4.69, 9.17) is 9.72 Å². The van der Waals surface area contributed by atoms with Crippen molar-refractivity contribution in [3.05, 3.63) is 77.6 Å². The minimum atomic E-state index is -0.142. The summed E-state index contributed by atoms with van der Waals surface area (Å²) in [7, 11) is 9.83. The highest BCUT2D eigenvalue weighted by atomic mass is 16.5. The lowest BCUT2D eigenvalue weighted by atomic mass is 10.0. The second kappa shape index (κ2) is 14.0. The molecule has 0 spiro atoms. The summed E-state index contributed by atoms with van der Waals surface area (Å²) in [6, 6.07) is 15.9. The molecule has 2 aromatic carbocycles. The molecule has 0 saturated heterocycles. The minimum absolute atomic E-state index is 0.142. The summed E-state index contributed by atoms with van der Waals surface area (Å²) in [6.45, 7) is 6.18. The quantitative estimate of drug-likeness (QED) is 0.204. The van der Waals surface area contributed by atoms with Crippen molar-refractivity contribution in [2.45, 2.75) is 33.1 Å². The maximum atomic E-state index is 13.3. The molecule has 1 amide bonds. The summed E-state index contributed by atoms with van der Waals surface area (Å²) >= 11 is 0. The third kappa shape index (κ3) is 7.28. The highest BCUT2D eigenvalue weighted by Crippen LogP contribution is 2.32. The molecule has 222 valence electrons. The fraction of sp³-hybridized carbons (Fsp3) is 0.364. The number of benzene rings is 2. The van der Waals surface area contributed by atoms with Gasteiger partial charge < -0.3 is 29.7 Å². The van der Waals surface area contributed by atoms with Crippen molar-refractivity contribution in [1.29, 1.82) is 0 Å². The molecule has 0 aliphatic rings. The lowest BCUT2D eigenvalue weighted by Crippen LogP contribution is -2.23. The number of hydrogen-bond donors (Lipinski definition) is 2. The molecular formula is C33H43N7O2. The van der Waals surface area contributed by atoms with E-state index in [-0.39, 0.29) is 5.91 Å². The molecular weight excluding hydrogens is 526 g/mol. The largest absolute Gasteiger partial charge is 0.494 e. The van der Waals surface area contributed by atoms with Gasteiger partial charge in [0.05, 0.1) is 29.7 Å². The Morgan fingerprint density at radius 3 is 2.40 bits per heavy atom. The number of para-hydroxylation sites is 1. The number of nitrogens with zero attached hydrogens (tertiary/aromatic N) is 5. The molecule has 4 rings (SSSR count). The number of rotatable bonds is 13. The molecule has 4 aromatic rings. The molecule has 9 heteroatoms. The number of methoxy groups -OCH3 is 1. The molecule has 2 aromatic heterocycles. The van der Waals surface area contributed by atoms with Crippen LogP contribution in [0.4, 0.5) is 23.0 Å². The Hall–Kier alpha value is -4.37. The molecule has 2 N–H and O–H groups in total. The van der Waals surface area contributed by atoms with Crippen LogP contribution in [0.15, 0.2) is 60.9 Å². The summed E-state index contributed by atoms with van der Waals surface area (Å²) in [4.78, 5) is 26.9. The number of anilines is 4. The highest BCUT2D eigenvalue weighted by Gasteiger charge is 2.17. The minimum Gasteiger partial charge on any atom is -0.494 e.